The van der Waals surface area contributed by atoms with E-state index < -0.39 is 5.82 Å². The first kappa shape index (κ1) is 13.0. The zero-order chi connectivity index (χ0) is 13.7. The van der Waals surface area contributed by atoms with Gasteiger partial charge in [-0.15, -0.1) is 0 Å². The fourth-order valence-electron chi connectivity index (χ4n) is 1.65. The zero-order valence-electron chi connectivity index (χ0n) is 10.4. The number of carbonyl (C=O) groups is 1. The molecular weight excluding hydrogens is 247 g/mol. The Morgan fingerprint density at radius 3 is 2.89 bits per heavy atom. The summed E-state index contributed by atoms with van der Waals surface area (Å²) >= 11 is 0. The summed E-state index contributed by atoms with van der Waals surface area (Å²) < 4.78 is 18.3. The van der Waals surface area contributed by atoms with Gasteiger partial charge in [0.2, 0.25) is 5.91 Å². The Kier molecular flexibility index (Phi) is 4.07. The summed E-state index contributed by atoms with van der Waals surface area (Å²) in [5.41, 5.74) is 1.20. The molecule has 1 aromatic carbocycles. The largest absolute Gasteiger partial charge is 0.494 e. The lowest BCUT2D eigenvalue weighted by atomic mass is 10.1. The number of amides is 1. The van der Waals surface area contributed by atoms with E-state index in [4.69, 9.17) is 4.74 Å². The standard InChI is InChI=1S/C14H13FN2O2/c1-19-13-5-4-10(7-12(13)15)8-14(18)17-11-3-2-6-16-9-11/h2-7,9H,8H2,1H3,(H,17,18). The smallest absolute Gasteiger partial charge is 0.228 e. The number of carbonyl (C=O) groups excluding carboxylic acids is 1. The second-order valence-electron chi connectivity index (χ2n) is 3.94. The van der Waals surface area contributed by atoms with E-state index in [-0.39, 0.29) is 18.1 Å². The van der Waals surface area contributed by atoms with Gasteiger partial charge in [0, 0.05) is 6.20 Å². The first-order valence-electron chi connectivity index (χ1n) is 5.71. The van der Waals surface area contributed by atoms with Crippen LogP contribution in [0.25, 0.3) is 0 Å². The predicted octanol–water partition coefficient (Wildman–Crippen LogP) is 2.41. The molecule has 0 spiro atoms. The summed E-state index contributed by atoms with van der Waals surface area (Å²) in [6.45, 7) is 0. The van der Waals surface area contributed by atoms with Crippen molar-refractivity contribution >= 4 is 11.6 Å². The predicted molar refractivity (Wildman–Crippen MR) is 69.5 cm³/mol. The number of benzene rings is 1. The number of hydrogen-bond donors (Lipinski definition) is 1. The van der Waals surface area contributed by atoms with Crippen LogP contribution in [0.5, 0.6) is 5.75 Å². The maximum Gasteiger partial charge on any atom is 0.228 e. The number of aromatic nitrogens is 1. The molecule has 1 amide bonds. The fraction of sp³-hybridized carbons (Fsp3) is 0.143. The maximum absolute atomic E-state index is 13.5. The fourth-order valence-corrected chi connectivity index (χ4v) is 1.65. The zero-order valence-corrected chi connectivity index (χ0v) is 10.4. The van der Waals surface area contributed by atoms with Crippen LogP contribution in [0.15, 0.2) is 42.7 Å². The van der Waals surface area contributed by atoms with Crippen molar-refractivity contribution in [2.45, 2.75) is 6.42 Å². The summed E-state index contributed by atoms with van der Waals surface area (Å²) in [4.78, 5) is 15.6. The van der Waals surface area contributed by atoms with Crippen LogP contribution in [-0.4, -0.2) is 18.0 Å². The molecule has 0 unspecified atom stereocenters. The van der Waals surface area contributed by atoms with Gasteiger partial charge in [0.05, 0.1) is 25.4 Å². The van der Waals surface area contributed by atoms with Gasteiger partial charge >= 0.3 is 0 Å². The number of ether oxygens (including phenoxy) is 1. The minimum atomic E-state index is -0.478. The Morgan fingerprint density at radius 1 is 1.42 bits per heavy atom. The van der Waals surface area contributed by atoms with Gasteiger partial charge in [0.15, 0.2) is 11.6 Å². The summed E-state index contributed by atoms with van der Waals surface area (Å²) in [5, 5.41) is 2.68. The van der Waals surface area contributed by atoms with Crippen molar-refractivity contribution in [2.75, 3.05) is 12.4 Å². The van der Waals surface area contributed by atoms with Crippen molar-refractivity contribution in [1.29, 1.82) is 0 Å². The number of nitrogens with one attached hydrogen (secondary N) is 1. The molecule has 0 atom stereocenters. The van der Waals surface area contributed by atoms with Gasteiger partial charge in [-0.3, -0.25) is 9.78 Å². The van der Waals surface area contributed by atoms with Crippen LogP contribution >= 0.6 is 0 Å². The van der Waals surface area contributed by atoms with Crippen LogP contribution < -0.4 is 10.1 Å². The molecule has 0 bridgehead atoms. The number of hydrogen-bond acceptors (Lipinski definition) is 3. The highest BCUT2D eigenvalue weighted by molar-refractivity contribution is 5.92. The third kappa shape index (κ3) is 3.51. The van der Waals surface area contributed by atoms with Crippen molar-refractivity contribution in [3.63, 3.8) is 0 Å². The molecule has 98 valence electrons. The minimum absolute atomic E-state index is 0.0931. The van der Waals surface area contributed by atoms with Gasteiger partial charge in [-0.2, -0.15) is 0 Å². The highest BCUT2D eigenvalue weighted by Crippen LogP contribution is 2.18. The average molecular weight is 260 g/mol. The van der Waals surface area contributed by atoms with E-state index in [2.05, 4.69) is 10.3 Å². The molecule has 0 aliphatic carbocycles. The molecule has 1 heterocycles. The molecule has 0 saturated carbocycles. The molecule has 1 aromatic heterocycles. The van der Waals surface area contributed by atoms with E-state index in [1.165, 1.54) is 19.2 Å². The number of rotatable bonds is 4. The first-order chi connectivity index (χ1) is 9.19. The van der Waals surface area contributed by atoms with Crippen molar-refractivity contribution in [3.8, 4) is 5.75 Å². The van der Waals surface area contributed by atoms with Crippen molar-refractivity contribution < 1.29 is 13.9 Å². The van der Waals surface area contributed by atoms with Crippen LogP contribution in [0.1, 0.15) is 5.56 Å². The Bertz CT molecular complexity index is 573. The van der Waals surface area contributed by atoms with Crippen molar-refractivity contribution in [1.82, 2.24) is 4.98 Å². The quantitative estimate of drug-likeness (QED) is 0.918. The van der Waals surface area contributed by atoms with Crippen LogP contribution in [-0.2, 0) is 11.2 Å². The van der Waals surface area contributed by atoms with Gasteiger partial charge < -0.3 is 10.1 Å². The average Bonchev–Trinajstić information content (AvgIpc) is 2.40. The number of pyridine rings is 1. The molecule has 0 aliphatic heterocycles. The number of methoxy groups -OCH3 is 1. The third-order valence-corrected chi connectivity index (χ3v) is 2.53. The maximum atomic E-state index is 13.5. The Hall–Kier alpha value is -2.43. The lowest BCUT2D eigenvalue weighted by molar-refractivity contribution is -0.115. The molecule has 0 aliphatic rings. The molecule has 19 heavy (non-hydrogen) atoms. The van der Waals surface area contributed by atoms with Crippen LogP contribution in [0.2, 0.25) is 0 Å². The van der Waals surface area contributed by atoms with E-state index in [1.54, 1.807) is 30.6 Å². The lowest BCUT2D eigenvalue weighted by Gasteiger charge is -2.06. The van der Waals surface area contributed by atoms with Crippen LogP contribution in [0.4, 0.5) is 10.1 Å². The van der Waals surface area contributed by atoms with Crippen molar-refractivity contribution in [2.24, 2.45) is 0 Å². The lowest BCUT2D eigenvalue weighted by Crippen LogP contribution is -2.14. The molecule has 2 aromatic rings. The van der Waals surface area contributed by atoms with E-state index in [0.29, 0.717) is 11.3 Å². The second kappa shape index (κ2) is 5.95. The summed E-state index contributed by atoms with van der Waals surface area (Å²) in [6.07, 6.45) is 3.26. The van der Waals surface area contributed by atoms with Gasteiger partial charge in [-0.25, -0.2) is 4.39 Å². The highest BCUT2D eigenvalue weighted by atomic mass is 19.1. The van der Waals surface area contributed by atoms with E-state index in [9.17, 15) is 9.18 Å². The second-order valence-corrected chi connectivity index (χ2v) is 3.94. The third-order valence-electron chi connectivity index (χ3n) is 2.53. The summed E-state index contributed by atoms with van der Waals surface area (Å²) in [5.74, 6) is -0.539. The number of nitrogens with zero attached hydrogens (tertiary/aromatic N) is 1. The molecule has 2 rings (SSSR count). The van der Waals surface area contributed by atoms with Crippen molar-refractivity contribution in [3.05, 3.63) is 54.1 Å². The molecule has 0 saturated heterocycles. The molecule has 5 heteroatoms. The molecule has 4 nitrogen and oxygen atoms in total. The SMILES string of the molecule is COc1ccc(CC(=O)Nc2cccnc2)cc1F. The normalized spacial score (nSPS) is 10.0. The Morgan fingerprint density at radius 2 is 2.26 bits per heavy atom. The highest BCUT2D eigenvalue weighted by Gasteiger charge is 2.08. The number of anilines is 1. The first-order valence-corrected chi connectivity index (χ1v) is 5.71. The van der Waals surface area contributed by atoms with Gasteiger partial charge in [0.1, 0.15) is 0 Å². The van der Waals surface area contributed by atoms with Gasteiger partial charge in [-0.05, 0) is 29.8 Å². The van der Waals surface area contributed by atoms with Gasteiger partial charge in [-0.1, -0.05) is 6.07 Å². The topological polar surface area (TPSA) is 51.2 Å². The summed E-state index contributed by atoms with van der Waals surface area (Å²) in [6, 6.07) is 7.91. The van der Waals surface area contributed by atoms with Crippen LogP contribution in [0.3, 0.4) is 0 Å². The monoisotopic (exact) mass is 260 g/mol. The summed E-state index contributed by atoms with van der Waals surface area (Å²) in [7, 11) is 1.40. The van der Waals surface area contributed by atoms with E-state index in [1.807, 2.05) is 0 Å². The Labute approximate surface area is 110 Å². The number of halogens is 1. The van der Waals surface area contributed by atoms with E-state index in [0.717, 1.165) is 0 Å². The van der Waals surface area contributed by atoms with Gasteiger partial charge in [0.25, 0.3) is 0 Å². The molecular formula is C14H13FN2O2. The molecule has 0 fully saturated rings. The molecule has 0 radical (unpaired) electrons. The van der Waals surface area contributed by atoms with E-state index >= 15 is 0 Å². The molecule has 1 N–H and O–H groups in total. The Balaban J connectivity index is 2.01. The van der Waals surface area contributed by atoms with Crippen LogP contribution in [0, 0.1) is 5.82 Å². The minimum Gasteiger partial charge on any atom is -0.494 e.